The molecule has 0 amide bonds. The highest BCUT2D eigenvalue weighted by atomic mass is 32.2. The van der Waals surface area contributed by atoms with Gasteiger partial charge in [0, 0.05) is 34.1 Å². The molecule has 0 bridgehead atoms. The van der Waals surface area contributed by atoms with E-state index in [0.29, 0.717) is 6.42 Å². The molecule has 1 saturated heterocycles. The lowest BCUT2D eigenvalue weighted by atomic mass is 10.2. The first kappa shape index (κ1) is 18.2. The second-order valence-electron chi connectivity index (χ2n) is 6.88. The Balaban J connectivity index is 1.60. The standard InChI is InChI=1S/C19H20FN3O2S2/c1-12-9-17(13(2)23(12)16-7-8-27(24,25)11-16)18-10-26-19(22-18)21-15-5-3-14(20)4-6-15/h3-6,9-10,16H,7-8,11H2,1-2H3,(H,21,22)/t16-/m1/s1. The Kier molecular flexibility index (Phi) is 4.55. The molecule has 1 N–H and O–H groups in total. The van der Waals surface area contributed by atoms with Gasteiger partial charge in [0.25, 0.3) is 0 Å². The van der Waals surface area contributed by atoms with Gasteiger partial charge in [-0.2, -0.15) is 0 Å². The minimum atomic E-state index is -2.94. The highest BCUT2D eigenvalue weighted by Gasteiger charge is 2.31. The largest absolute Gasteiger partial charge is 0.344 e. The third-order valence-corrected chi connectivity index (χ3v) is 7.44. The number of benzene rings is 1. The summed E-state index contributed by atoms with van der Waals surface area (Å²) in [6.45, 7) is 4.02. The fourth-order valence-corrected chi connectivity index (χ4v) is 6.12. The van der Waals surface area contributed by atoms with Crippen LogP contribution in [-0.4, -0.2) is 29.5 Å². The summed E-state index contributed by atoms with van der Waals surface area (Å²) < 4.78 is 38.9. The van der Waals surface area contributed by atoms with E-state index >= 15 is 0 Å². The highest BCUT2D eigenvalue weighted by Crippen LogP contribution is 2.35. The van der Waals surface area contributed by atoms with Crippen molar-refractivity contribution >= 4 is 32.0 Å². The number of hydrogen-bond acceptors (Lipinski definition) is 5. The number of aromatic nitrogens is 2. The topological polar surface area (TPSA) is 64.0 Å². The van der Waals surface area contributed by atoms with E-state index in [-0.39, 0.29) is 23.4 Å². The van der Waals surface area contributed by atoms with E-state index < -0.39 is 9.84 Å². The molecule has 27 heavy (non-hydrogen) atoms. The Labute approximate surface area is 161 Å². The molecule has 5 nitrogen and oxygen atoms in total. The predicted molar refractivity (Wildman–Crippen MR) is 107 cm³/mol. The molecule has 1 aliphatic rings. The molecule has 0 radical (unpaired) electrons. The summed E-state index contributed by atoms with van der Waals surface area (Å²) in [6.07, 6.45) is 0.659. The Hall–Kier alpha value is -2.19. The lowest BCUT2D eigenvalue weighted by Gasteiger charge is -2.16. The first-order valence-electron chi connectivity index (χ1n) is 8.70. The van der Waals surface area contributed by atoms with E-state index in [1.165, 1.54) is 23.5 Å². The lowest BCUT2D eigenvalue weighted by Crippen LogP contribution is -2.13. The third-order valence-electron chi connectivity index (χ3n) is 4.93. The number of anilines is 2. The van der Waals surface area contributed by atoms with Crippen molar-refractivity contribution in [2.24, 2.45) is 0 Å². The van der Waals surface area contributed by atoms with Crippen LogP contribution in [0.5, 0.6) is 0 Å². The van der Waals surface area contributed by atoms with Crippen molar-refractivity contribution in [3.05, 3.63) is 52.9 Å². The normalized spacial score (nSPS) is 18.7. The maximum atomic E-state index is 13.0. The van der Waals surface area contributed by atoms with Crippen molar-refractivity contribution in [2.75, 3.05) is 16.8 Å². The van der Waals surface area contributed by atoms with Gasteiger partial charge in [-0.15, -0.1) is 11.3 Å². The van der Waals surface area contributed by atoms with Crippen molar-refractivity contribution in [1.82, 2.24) is 9.55 Å². The molecule has 1 fully saturated rings. The van der Waals surface area contributed by atoms with E-state index in [0.717, 1.165) is 33.5 Å². The second-order valence-corrected chi connectivity index (χ2v) is 9.97. The Morgan fingerprint density at radius 2 is 2.00 bits per heavy atom. The van der Waals surface area contributed by atoms with Gasteiger partial charge in [-0.1, -0.05) is 0 Å². The minimum Gasteiger partial charge on any atom is -0.344 e. The van der Waals surface area contributed by atoms with Crippen molar-refractivity contribution in [2.45, 2.75) is 26.3 Å². The van der Waals surface area contributed by atoms with Crippen LogP contribution in [0.3, 0.4) is 0 Å². The fourth-order valence-electron chi connectivity index (χ4n) is 3.69. The van der Waals surface area contributed by atoms with Gasteiger partial charge in [0.15, 0.2) is 15.0 Å². The first-order chi connectivity index (χ1) is 12.8. The van der Waals surface area contributed by atoms with Crippen LogP contribution in [-0.2, 0) is 9.84 Å². The summed E-state index contributed by atoms with van der Waals surface area (Å²) in [6, 6.07) is 8.21. The number of rotatable bonds is 4. The summed E-state index contributed by atoms with van der Waals surface area (Å²) in [4.78, 5) is 4.65. The van der Waals surface area contributed by atoms with Gasteiger partial charge in [-0.05, 0) is 50.6 Å². The molecule has 2 aromatic heterocycles. The molecule has 0 saturated carbocycles. The van der Waals surface area contributed by atoms with Gasteiger partial charge in [-0.3, -0.25) is 0 Å². The molecule has 8 heteroatoms. The van der Waals surface area contributed by atoms with Gasteiger partial charge in [-0.25, -0.2) is 17.8 Å². The predicted octanol–water partition coefficient (Wildman–Crippen LogP) is 4.47. The number of aryl methyl sites for hydroxylation is 1. The average molecular weight is 406 g/mol. The summed E-state index contributed by atoms with van der Waals surface area (Å²) in [7, 11) is -2.94. The fraction of sp³-hybridized carbons (Fsp3) is 0.316. The van der Waals surface area contributed by atoms with Crippen molar-refractivity contribution < 1.29 is 12.8 Å². The Morgan fingerprint density at radius 3 is 2.67 bits per heavy atom. The zero-order valence-corrected chi connectivity index (χ0v) is 16.7. The van der Waals surface area contributed by atoms with E-state index in [9.17, 15) is 12.8 Å². The quantitative estimate of drug-likeness (QED) is 0.696. The number of hydrogen-bond donors (Lipinski definition) is 1. The summed E-state index contributed by atoms with van der Waals surface area (Å²) in [5.74, 6) is 0.186. The number of sulfone groups is 1. The number of thiazole rings is 1. The molecular weight excluding hydrogens is 385 g/mol. The van der Waals surface area contributed by atoms with Gasteiger partial charge < -0.3 is 9.88 Å². The second kappa shape index (κ2) is 6.76. The number of nitrogens with zero attached hydrogens (tertiary/aromatic N) is 2. The maximum Gasteiger partial charge on any atom is 0.187 e. The Bertz CT molecular complexity index is 1080. The molecule has 3 aromatic rings. The Morgan fingerprint density at radius 1 is 1.26 bits per heavy atom. The molecule has 1 aromatic carbocycles. The van der Waals surface area contributed by atoms with E-state index in [1.807, 2.05) is 19.2 Å². The zero-order valence-electron chi connectivity index (χ0n) is 15.1. The zero-order chi connectivity index (χ0) is 19.2. The van der Waals surface area contributed by atoms with Gasteiger partial charge in [0.05, 0.1) is 17.2 Å². The van der Waals surface area contributed by atoms with Crippen molar-refractivity contribution in [1.29, 1.82) is 0 Å². The third kappa shape index (κ3) is 3.64. The molecule has 1 atom stereocenters. The SMILES string of the molecule is Cc1cc(-c2csc(Nc3ccc(F)cc3)n2)c(C)n1[C@@H]1CCS(=O)(=O)C1. The molecule has 0 aliphatic carbocycles. The summed E-state index contributed by atoms with van der Waals surface area (Å²) >= 11 is 1.48. The van der Waals surface area contributed by atoms with Gasteiger partial charge in [0.1, 0.15) is 5.82 Å². The molecule has 0 spiro atoms. The summed E-state index contributed by atoms with van der Waals surface area (Å²) in [5.41, 5.74) is 4.72. The highest BCUT2D eigenvalue weighted by molar-refractivity contribution is 7.91. The van der Waals surface area contributed by atoms with Crippen LogP contribution in [0.1, 0.15) is 23.9 Å². The molecule has 1 aliphatic heterocycles. The monoisotopic (exact) mass is 405 g/mol. The van der Waals surface area contributed by atoms with Gasteiger partial charge >= 0.3 is 0 Å². The minimum absolute atomic E-state index is 0.000744. The number of halogens is 1. The van der Waals surface area contributed by atoms with Crippen molar-refractivity contribution in [3.8, 4) is 11.3 Å². The van der Waals surface area contributed by atoms with Gasteiger partial charge in [0.2, 0.25) is 0 Å². The van der Waals surface area contributed by atoms with Crippen LogP contribution >= 0.6 is 11.3 Å². The molecule has 0 unspecified atom stereocenters. The molecule has 3 heterocycles. The van der Waals surface area contributed by atoms with E-state index in [1.54, 1.807) is 12.1 Å². The smallest absolute Gasteiger partial charge is 0.187 e. The summed E-state index contributed by atoms with van der Waals surface area (Å²) in [5, 5.41) is 5.88. The van der Waals surface area contributed by atoms with Crippen LogP contribution in [0, 0.1) is 19.7 Å². The molecule has 4 rings (SSSR count). The maximum absolute atomic E-state index is 13.0. The lowest BCUT2D eigenvalue weighted by molar-refractivity contribution is 0.536. The van der Waals surface area contributed by atoms with Crippen LogP contribution in [0.4, 0.5) is 15.2 Å². The molecular formula is C19H20FN3O2S2. The molecule has 142 valence electrons. The number of nitrogens with one attached hydrogen (secondary N) is 1. The van der Waals surface area contributed by atoms with Crippen LogP contribution in [0.25, 0.3) is 11.3 Å². The van der Waals surface area contributed by atoms with Crippen LogP contribution < -0.4 is 5.32 Å². The van der Waals surface area contributed by atoms with Crippen molar-refractivity contribution in [3.63, 3.8) is 0 Å². The first-order valence-corrected chi connectivity index (χ1v) is 11.4. The van der Waals surface area contributed by atoms with E-state index in [4.69, 9.17) is 0 Å². The van der Waals surface area contributed by atoms with E-state index in [2.05, 4.69) is 20.9 Å². The average Bonchev–Trinajstić information content (AvgIpc) is 3.28. The van der Waals surface area contributed by atoms with Crippen LogP contribution in [0.15, 0.2) is 35.7 Å². The van der Waals surface area contributed by atoms with Crippen LogP contribution in [0.2, 0.25) is 0 Å².